The van der Waals surface area contributed by atoms with Crippen molar-refractivity contribution in [3.8, 4) is 11.3 Å². The average Bonchev–Trinajstić information content (AvgIpc) is 3.31. The minimum absolute atomic E-state index is 0.380. The molecule has 0 saturated heterocycles. The largest absolute Gasteiger partial charge is 0.365 e. The topological polar surface area (TPSA) is 56.0 Å². The summed E-state index contributed by atoms with van der Waals surface area (Å²) in [5, 5.41) is 5.22. The van der Waals surface area contributed by atoms with Gasteiger partial charge in [-0.3, -0.25) is 4.40 Å². The molecule has 0 spiro atoms. The van der Waals surface area contributed by atoms with Gasteiger partial charge < -0.3 is 4.84 Å². The second-order valence-corrected chi connectivity index (χ2v) is 9.20. The lowest BCUT2D eigenvalue weighted by Crippen LogP contribution is -2.06. The Labute approximate surface area is 192 Å². The minimum atomic E-state index is -0.547. The van der Waals surface area contributed by atoms with Crippen LogP contribution in [-0.2, 0) is 17.7 Å². The first-order valence-electron chi connectivity index (χ1n) is 9.89. The molecule has 0 radical (unpaired) electrons. The van der Waals surface area contributed by atoms with Gasteiger partial charge in [-0.25, -0.2) is 9.78 Å². The van der Waals surface area contributed by atoms with E-state index in [9.17, 15) is 4.79 Å². The predicted octanol–water partition coefficient (Wildman–Crippen LogP) is 6.44. The van der Waals surface area contributed by atoms with E-state index in [1.54, 1.807) is 41.8 Å². The van der Waals surface area contributed by atoms with Crippen LogP contribution in [-0.4, -0.2) is 21.6 Å². The van der Waals surface area contributed by atoms with Crippen LogP contribution in [0.4, 0.5) is 0 Å². The number of carbonyl (C=O) groups excluding carboxylic acids is 1. The molecule has 0 N–H and O–H groups in total. The van der Waals surface area contributed by atoms with Gasteiger partial charge in [-0.2, -0.15) is 0 Å². The number of hydrogen-bond donors (Lipinski definition) is 0. The van der Waals surface area contributed by atoms with Crippen molar-refractivity contribution >= 4 is 51.7 Å². The molecule has 2 aromatic carbocycles. The molecule has 8 heteroatoms. The van der Waals surface area contributed by atoms with Gasteiger partial charge in [0.15, 0.2) is 4.96 Å². The second-order valence-electron chi connectivity index (χ2n) is 7.27. The first-order chi connectivity index (χ1) is 15.1. The number of oxime groups is 1. The number of fused-ring (bicyclic) bond motifs is 3. The Balaban J connectivity index is 1.53. The summed E-state index contributed by atoms with van der Waals surface area (Å²) in [7, 11) is 0. The fourth-order valence-electron chi connectivity index (χ4n) is 3.76. The van der Waals surface area contributed by atoms with Crippen LogP contribution in [0.5, 0.6) is 0 Å². The molecule has 0 atom stereocenters. The van der Waals surface area contributed by atoms with Gasteiger partial charge in [-0.05, 0) is 62.1 Å². The molecule has 0 aliphatic heterocycles. The molecule has 5 rings (SSSR count). The molecule has 0 fully saturated rings. The van der Waals surface area contributed by atoms with Crippen LogP contribution in [0.3, 0.4) is 0 Å². The van der Waals surface area contributed by atoms with Crippen LogP contribution in [0.2, 0.25) is 10.0 Å². The summed E-state index contributed by atoms with van der Waals surface area (Å²) < 4.78 is 2.14. The molecule has 0 saturated carbocycles. The maximum atomic E-state index is 12.3. The number of thiazole rings is 1. The van der Waals surface area contributed by atoms with E-state index >= 15 is 0 Å². The fraction of sp³-hybridized carbons (Fsp3) is 0.174. The number of rotatable bonds is 4. The van der Waals surface area contributed by atoms with Gasteiger partial charge in [0, 0.05) is 26.2 Å². The van der Waals surface area contributed by atoms with E-state index in [0.717, 1.165) is 41.2 Å². The number of hydrogen-bond acceptors (Lipinski definition) is 5. The third-order valence-corrected chi connectivity index (χ3v) is 6.91. The predicted molar refractivity (Wildman–Crippen MR) is 125 cm³/mol. The molecule has 1 aliphatic carbocycles. The van der Waals surface area contributed by atoms with Crippen molar-refractivity contribution in [2.75, 3.05) is 0 Å². The van der Waals surface area contributed by atoms with E-state index in [-0.39, 0.29) is 0 Å². The average molecular weight is 470 g/mol. The fourth-order valence-corrected chi connectivity index (χ4v) is 5.23. The number of halogens is 2. The third-order valence-electron chi connectivity index (χ3n) is 5.26. The molecule has 0 bridgehead atoms. The zero-order valence-electron chi connectivity index (χ0n) is 16.3. The molecule has 5 nitrogen and oxygen atoms in total. The van der Waals surface area contributed by atoms with Gasteiger partial charge in [0.05, 0.1) is 23.2 Å². The summed E-state index contributed by atoms with van der Waals surface area (Å²) in [6.07, 6.45) is 5.98. The van der Waals surface area contributed by atoms with Gasteiger partial charge >= 0.3 is 5.97 Å². The second kappa shape index (κ2) is 8.46. The highest BCUT2D eigenvalue weighted by Crippen LogP contribution is 2.34. The van der Waals surface area contributed by atoms with Crippen molar-refractivity contribution in [1.82, 2.24) is 9.38 Å². The van der Waals surface area contributed by atoms with Crippen LogP contribution < -0.4 is 0 Å². The van der Waals surface area contributed by atoms with Crippen molar-refractivity contribution < 1.29 is 9.63 Å². The SMILES string of the molecule is O=C(ON=Cc1c(-c2ccc(Cl)cc2)nc2sc3c(n12)CCCC3)c1ccc(Cl)cc1. The molecule has 31 heavy (non-hydrogen) atoms. The van der Waals surface area contributed by atoms with Crippen molar-refractivity contribution in [1.29, 1.82) is 0 Å². The number of aryl methyl sites for hydroxylation is 2. The van der Waals surface area contributed by atoms with Gasteiger partial charge in [-0.15, -0.1) is 11.3 Å². The minimum Gasteiger partial charge on any atom is -0.313 e. The van der Waals surface area contributed by atoms with E-state index < -0.39 is 5.97 Å². The van der Waals surface area contributed by atoms with Gasteiger partial charge in [0.2, 0.25) is 0 Å². The van der Waals surface area contributed by atoms with Gasteiger partial charge in [0.1, 0.15) is 0 Å². The summed E-state index contributed by atoms with van der Waals surface area (Å²) in [5.74, 6) is -0.547. The number of carbonyl (C=O) groups is 1. The standard InChI is InChI=1S/C23H17Cl2N3O2S/c24-16-9-5-14(6-10-16)21-19(13-26-30-22(29)15-7-11-17(25)12-8-15)28-18-3-1-2-4-20(18)31-23(28)27-21/h5-13H,1-4H2. The lowest BCUT2D eigenvalue weighted by atomic mass is 10.0. The normalized spacial score (nSPS) is 13.6. The van der Waals surface area contributed by atoms with Crippen LogP contribution in [0, 0.1) is 0 Å². The van der Waals surface area contributed by atoms with E-state index in [1.165, 1.54) is 17.0 Å². The Kier molecular flexibility index (Phi) is 5.52. The van der Waals surface area contributed by atoms with Gasteiger partial charge in [0.25, 0.3) is 0 Å². The molecule has 4 aromatic rings. The van der Waals surface area contributed by atoms with Crippen LogP contribution >= 0.6 is 34.5 Å². The Hall–Kier alpha value is -2.67. The highest BCUT2D eigenvalue weighted by molar-refractivity contribution is 7.17. The maximum absolute atomic E-state index is 12.3. The van der Waals surface area contributed by atoms with Crippen LogP contribution in [0.15, 0.2) is 53.7 Å². The van der Waals surface area contributed by atoms with Crippen molar-refractivity contribution in [3.05, 3.63) is 80.4 Å². The zero-order valence-corrected chi connectivity index (χ0v) is 18.7. The summed E-state index contributed by atoms with van der Waals surface area (Å²) in [5.41, 5.74) is 4.15. The Morgan fingerprint density at radius 2 is 1.71 bits per heavy atom. The lowest BCUT2D eigenvalue weighted by molar-refractivity contribution is 0.0519. The quantitative estimate of drug-likeness (QED) is 0.196. The summed E-state index contributed by atoms with van der Waals surface area (Å²) in [6, 6.07) is 14.0. The van der Waals surface area contributed by atoms with Crippen LogP contribution in [0.1, 0.15) is 39.5 Å². The number of benzene rings is 2. The Morgan fingerprint density at radius 3 is 2.45 bits per heavy atom. The van der Waals surface area contributed by atoms with Crippen molar-refractivity contribution in [3.63, 3.8) is 0 Å². The molecule has 2 aromatic heterocycles. The third kappa shape index (κ3) is 3.99. The summed E-state index contributed by atoms with van der Waals surface area (Å²) in [6.45, 7) is 0. The van der Waals surface area contributed by atoms with E-state index in [2.05, 4.69) is 9.56 Å². The Bertz CT molecular complexity index is 1290. The Morgan fingerprint density at radius 1 is 1.03 bits per heavy atom. The molecule has 156 valence electrons. The summed E-state index contributed by atoms with van der Waals surface area (Å²) in [4.78, 5) is 24.6. The molecular weight excluding hydrogens is 453 g/mol. The molecule has 2 heterocycles. The van der Waals surface area contributed by atoms with Crippen molar-refractivity contribution in [2.24, 2.45) is 5.16 Å². The smallest absolute Gasteiger partial charge is 0.313 e. The van der Waals surface area contributed by atoms with Crippen molar-refractivity contribution in [2.45, 2.75) is 25.7 Å². The highest BCUT2D eigenvalue weighted by atomic mass is 35.5. The van der Waals surface area contributed by atoms with E-state index in [4.69, 9.17) is 33.0 Å². The molecule has 0 unspecified atom stereocenters. The lowest BCUT2D eigenvalue weighted by Gasteiger charge is -2.11. The number of imidazole rings is 1. The first kappa shape index (κ1) is 20.2. The van der Waals surface area contributed by atoms with Crippen LogP contribution in [0.25, 0.3) is 16.2 Å². The van der Waals surface area contributed by atoms with Gasteiger partial charge in [-0.1, -0.05) is 40.5 Å². The molecule has 1 aliphatic rings. The highest BCUT2D eigenvalue weighted by Gasteiger charge is 2.22. The van der Waals surface area contributed by atoms with E-state index in [0.29, 0.717) is 15.6 Å². The number of nitrogens with zero attached hydrogens (tertiary/aromatic N) is 3. The first-order valence-corrected chi connectivity index (χ1v) is 11.5. The molecular formula is C23H17Cl2N3O2S. The zero-order chi connectivity index (χ0) is 21.4. The maximum Gasteiger partial charge on any atom is 0.365 e. The summed E-state index contributed by atoms with van der Waals surface area (Å²) >= 11 is 13.7. The van der Waals surface area contributed by atoms with E-state index in [1.807, 2.05) is 24.3 Å². The monoisotopic (exact) mass is 469 g/mol. The molecule has 0 amide bonds. The number of aromatic nitrogens is 2.